The van der Waals surface area contributed by atoms with Crippen LogP contribution in [0.4, 0.5) is 0 Å². The van der Waals surface area contributed by atoms with Crippen LogP contribution in [0.1, 0.15) is 5.82 Å². The fourth-order valence-electron chi connectivity index (χ4n) is 1.91. The molecule has 6 heteroatoms. The lowest BCUT2D eigenvalue weighted by atomic mass is 10.2. The first kappa shape index (κ1) is 13.3. The summed E-state index contributed by atoms with van der Waals surface area (Å²) >= 11 is 7.80. The summed E-state index contributed by atoms with van der Waals surface area (Å²) in [5.41, 5.74) is 2.86. The molecule has 0 fully saturated rings. The quantitative estimate of drug-likeness (QED) is 0.533. The van der Waals surface area contributed by atoms with Crippen molar-refractivity contribution in [2.75, 3.05) is 6.26 Å². The Morgan fingerprint density at radius 2 is 1.70 bits per heavy atom. The van der Waals surface area contributed by atoms with Crippen LogP contribution < -0.4 is 0 Å². The van der Waals surface area contributed by atoms with Gasteiger partial charge in [0.1, 0.15) is 16.5 Å². The Morgan fingerprint density at radius 1 is 1.00 bits per heavy atom. The van der Waals surface area contributed by atoms with Crippen LogP contribution in [-0.4, -0.2) is 26.2 Å². The molecule has 0 atom stereocenters. The first-order valence-corrected chi connectivity index (χ1v) is 7.60. The summed E-state index contributed by atoms with van der Waals surface area (Å²) < 4.78 is 0. The third-order valence-corrected chi connectivity index (χ3v) is 3.69. The van der Waals surface area contributed by atoms with Gasteiger partial charge in [-0.15, -0.1) is 11.8 Å². The van der Waals surface area contributed by atoms with Gasteiger partial charge in [-0.25, -0.2) is 19.9 Å². The van der Waals surface area contributed by atoms with Crippen molar-refractivity contribution in [3.63, 3.8) is 0 Å². The van der Waals surface area contributed by atoms with Crippen LogP contribution in [0.5, 0.6) is 0 Å². The largest absolute Gasteiger partial charge is 0.241 e. The average molecular weight is 303 g/mol. The van der Waals surface area contributed by atoms with E-state index in [1.54, 1.807) is 11.8 Å². The van der Waals surface area contributed by atoms with Crippen LogP contribution >= 0.6 is 23.4 Å². The Morgan fingerprint density at radius 3 is 2.40 bits per heavy atom. The minimum atomic E-state index is 0.355. The predicted octanol–water partition coefficient (Wildman–Crippen LogP) is 3.77. The predicted molar refractivity (Wildman–Crippen MR) is 82.1 cm³/mol. The number of hydrogen-bond donors (Lipinski definition) is 0. The Kier molecular flexibility index (Phi) is 3.54. The highest BCUT2D eigenvalue weighted by molar-refractivity contribution is 7.98. The second-order valence-electron chi connectivity index (χ2n) is 4.19. The van der Waals surface area contributed by atoms with Crippen molar-refractivity contribution >= 4 is 34.4 Å². The molecule has 2 aromatic heterocycles. The molecule has 2 heterocycles. The van der Waals surface area contributed by atoms with Gasteiger partial charge >= 0.3 is 0 Å². The summed E-state index contributed by atoms with van der Waals surface area (Å²) in [6.07, 6.45) is 1.97. The molecule has 0 bridgehead atoms. The molecule has 0 aliphatic carbocycles. The summed E-state index contributed by atoms with van der Waals surface area (Å²) in [7, 11) is 0. The van der Waals surface area contributed by atoms with Gasteiger partial charge in [-0.05, 0) is 31.4 Å². The van der Waals surface area contributed by atoms with Crippen LogP contribution in [0.3, 0.4) is 0 Å². The molecule has 0 aliphatic rings. The van der Waals surface area contributed by atoms with E-state index < -0.39 is 0 Å². The Labute approximate surface area is 125 Å². The van der Waals surface area contributed by atoms with Gasteiger partial charge in [-0.3, -0.25) is 0 Å². The smallest absolute Gasteiger partial charge is 0.157 e. The first-order valence-electron chi connectivity index (χ1n) is 5.99. The highest BCUT2D eigenvalue weighted by atomic mass is 35.5. The third-order valence-electron chi connectivity index (χ3n) is 2.79. The van der Waals surface area contributed by atoms with E-state index in [0.29, 0.717) is 22.4 Å². The van der Waals surface area contributed by atoms with Crippen LogP contribution in [0.25, 0.3) is 22.4 Å². The van der Waals surface area contributed by atoms with Crippen LogP contribution in [0.2, 0.25) is 5.15 Å². The number of aryl methyl sites for hydroxylation is 1. The molecule has 0 unspecified atom stereocenters. The van der Waals surface area contributed by atoms with E-state index in [4.69, 9.17) is 11.6 Å². The highest BCUT2D eigenvalue weighted by Crippen LogP contribution is 2.27. The molecule has 3 aromatic rings. The number of benzene rings is 1. The molecule has 0 radical (unpaired) electrons. The molecule has 3 rings (SSSR count). The van der Waals surface area contributed by atoms with Crippen molar-refractivity contribution in [2.45, 2.75) is 11.9 Å². The number of nitrogens with zero attached hydrogens (tertiary/aromatic N) is 4. The highest BCUT2D eigenvalue weighted by Gasteiger charge is 2.12. The molecule has 0 N–H and O–H groups in total. The Bertz CT molecular complexity index is 791. The van der Waals surface area contributed by atoms with Gasteiger partial charge in [0.15, 0.2) is 5.15 Å². The van der Waals surface area contributed by atoms with E-state index in [0.717, 1.165) is 16.1 Å². The number of rotatable bonds is 2. The summed E-state index contributed by atoms with van der Waals surface area (Å²) in [5, 5.41) is 1.24. The van der Waals surface area contributed by atoms with Gasteiger partial charge in [0.25, 0.3) is 0 Å². The maximum Gasteiger partial charge on any atom is 0.157 e. The number of para-hydroxylation sites is 2. The summed E-state index contributed by atoms with van der Waals surface area (Å²) in [4.78, 5) is 17.7. The van der Waals surface area contributed by atoms with Crippen LogP contribution in [0, 0.1) is 6.92 Å². The van der Waals surface area contributed by atoms with Crippen molar-refractivity contribution in [2.24, 2.45) is 0 Å². The molecule has 0 aliphatic heterocycles. The molecule has 0 saturated carbocycles. The Hall–Kier alpha value is -1.72. The fourth-order valence-corrected chi connectivity index (χ4v) is 2.59. The lowest BCUT2D eigenvalue weighted by Crippen LogP contribution is -1.97. The van der Waals surface area contributed by atoms with Crippen LogP contribution in [-0.2, 0) is 0 Å². The molecule has 0 saturated heterocycles. The summed E-state index contributed by atoms with van der Waals surface area (Å²) in [6, 6.07) is 9.51. The fraction of sp³-hybridized carbons (Fsp3) is 0.143. The second kappa shape index (κ2) is 5.34. The number of halogens is 1. The molecule has 0 spiro atoms. The first-order chi connectivity index (χ1) is 9.67. The van der Waals surface area contributed by atoms with Crippen molar-refractivity contribution in [3.05, 3.63) is 41.3 Å². The Balaban J connectivity index is 2.23. The molecular formula is C14H11ClN4S. The van der Waals surface area contributed by atoms with Crippen molar-refractivity contribution in [1.29, 1.82) is 0 Å². The van der Waals surface area contributed by atoms with E-state index in [2.05, 4.69) is 19.9 Å². The van der Waals surface area contributed by atoms with E-state index in [1.165, 1.54) is 0 Å². The minimum Gasteiger partial charge on any atom is -0.241 e. The van der Waals surface area contributed by atoms with Gasteiger partial charge in [-0.1, -0.05) is 23.7 Å². The zero-order chi connectivity index (χ0) is 14.1. The van der Waals surface area contributed by atoms with Crippen molar-refractivity contribution in [3.8, 4) is 11.4 Å². The molecule has 100 valence electrons. The maximum absolute atomic E-state index is 6.24. The standard InChI is InChI=1S/C14H11ClN4S/c1-8-16-11(7-12(17-8)20-2)13-14(15)19-10-6-4-3-5-9(10)18-13/h3-7H,1-2H3. The number of fused-ring (bicyclic) bond motifs is 1. The van der Waals surface area contributed by atoms with Gasteiger partial charge < -0.3 is 0 Å². The summed E-state index contributed by atoms with van der Waals surface area (Å²) in [5.74, 6) is 0.692. The van der Waals surface area contributed by atoms with Gasteiger partial charge in [-0.2, -0.15) is 0 Å². The molecule has 0 amide bonds. The van der Waals surface area contributed by atoms with E-state index in [1.807, 2.05) is 43.5 Å². The monoisotopic (exact) mass is 302 g/mol. The van der Waals surface area contributed by atoms with Gasteiger partial charge in [0, 0.05) is 0 Å². The zero-order valence-corrected chi connectivity index (χ0v) is 12.5. The molecular weight excluding hydrogens is 292 g/mol. The normalized spacial score (nSPS) is 10.9. The third kappa shape index (κ3) is 2.46. The number of hydrogen-bond acceptors (Lipinski definition) is 5. The number of aromatic nitrogens is 4. The van der Waals surface area contributed by atoms with Crippen molar-refractivity contribution < 1.29 is 0 Å². The average Bonchev–Trinajstić information content (AvgIpc) is 2.45. The van der Waals surface area contributed by atoms with E-state index in [9.17, 15) is 0 Å². The van der Waals surface area contributed by atoms with Crippen molar-refractivity contribution in [1.82, 2.24) is 19.9 Å². The molecule has 20 heavy (non-hydrogen) atoms. The minimum absolute atomic E-state index is 0.355. The van der Waals surface area contributed by atoms with Gasteiger partial charge in [0.05, 0.1) is 16.7 Å². The SMILES string of the molecule is CSc1cc(-c2nc3ccccc3nc2Cl)nc(C)n1. The molecule has 4 nitrogen and oxygen atoms in total. The van der Waals surface area contributed by atoms with E-state index >= 15 is 0 Å². The second-order valence-corrected chi connectivity index (χ2v) is 5.38. The number of thioether (sulfide) groups is 1. The van der Waals surface area contributed by atoms with Crippen LogP contribution in [0.15, 0.2) is 35.4 Å². The molecule has 1 aromatic carbocycles. The zero-order valence-electron chi connectivity index (χ0n) is 11.0. The van der Waals surface area contributed by atoms with E-state index in [-0.39, 0.29) is 0 Å². The topological polar surface area (TPSA) is 51.6 Å². The summed E-state index contributed by atoms with van der Waals surface area (Å²) in [6.45, 7) is 1.85. The maximum atomic E-state index is 6.24. The lowest BCUT2D eigenvalue weighted by molar-refractivity contribution is 0.970. The lowest BCUT2D eigenvalue weighted by Gasteiger charge is -2.06. The van der Waals surface area contributed by atoms with Gasteiger partial charge in [0.2, 0.25) is 0 Å².